The van der Waals surface area contributed by atoms with Crippen LogP contribution < -0.4 is 14.7 Å². The second kappa shape index (κ2) is 11.1. The SMILES string of the molecule is CN(C)c1ccc(C(c2ccc(N3CCCCC3)cc2)c2ccc(N3CCCCC3)cc2)c2ccccc12. The topological polar surface area (TPSA) is 9.72 Å². The highest BCUT2D eigenvalue weighted by atomic mass is 15.1. The van der Waals surface area contributed by atoms with Gasteiger partial charge in [0.15, 0.2) is 0 Å². The largest absolute Gasteiger partial charge is 0.377 e. The van der Waals surface area contributed by atoms with E-state index in [0.717, 1.165) is 0 Å². The van der Waals surface area contributed by atoms with Crippen LogP contribution in [0.3, 0.4) is 0 Å². The maximum atomic E-state index is 2.55. The highest BCUT2D eigenvalue weighted by molar-refractivity contribution is 5.97. The lowest BCUT2D eigenvalue weighted by atomic mass is 9.82. The van der Waals surface area contributed by atoms with Crippen molar-refractivity contribution < 1.29 is 0 Å². The van der Waals surface area contributed by atoms with E-state index in [0.29, 0.717) is 0 Å². The van der Waals surface area contributed by atoms with Crippen molar-refractivity contribution in [2.45, 2.75) is 44.4 Å². The Labute approximate surface area is 228 Å². The van der Waals surface area contributed by atoms with Crippen LogP contribution in [0.5, 0.6) is 0 Å². The first-order valence-electron chi connectivity index (χ1n) is 14.6. The van der Waals surface area contributed by atoms with Gasteiger partial charge in [-0.15, -0.1) is 0 Å². The molecular weight excluding hydrogens is 462 g/mol. The van der Waals surface area contributed by atoms with Crippen molar-refractivity contribution in [3.8, 4) is 0 Å². The van der Waals surface area contributed by atoms with Gasteiger partial charge in [-0.1, -0.05) is 54.6 Å². The third-order valence-corrected chi connectivity index (χ3v) is 8.62. The van der Waals surface area contributed by atoms with E-state index < -0.39 is 0 Å². The molecule has 2 heterocycles. The Kier molecular flexibility index (Phi) is 7.27. The summed E-state index contributed by atoms with van der Waals surface area (Å²) >= 11 is 0. The average molecular weight is 504 g/mol. The third kappa shape index (κ3) is 4.99. The summed E-state index contributed by atoms with van der Waals surface area (Å²) in [5.41, 5.74) is 8.09. The summed E-state index contributed by atoms with van der Waals surface area (Å²) in [5.74, 6) is 0.182. The molecule has 2 fully saturated rings. The van der Waals surface area contributed by atoms with Crippen molar-refractivity contribution in [1.29, 1.82) is 0 Å². The van der Waals surface area contributed by atoms with Crippen LogP contribution in [0, 0.1) is 0 Å². The zero-order valence-corrected chi connectivity index (χ0v) is 23.1. The minimum atomic E-state index is 0.182. The average Bonchev–Trinajstić information content (AvgIpc) is 2.99. The molecule has 0 spiro atoms. The number of nitrogens with zero attached hydrogens (tertiary/aromatic N) is 3. The van der Waals surface area contributed by atoms with E-state index in [4.69, 9.17) is 0 Å². The molecule has 0 radical (unpaired) electrons. The Morgan fingerprint density at radius 1 is 0.526 bits per heavy atom. The number of fused-ring (bicyclic) bond motifs is 1. The molecular formula is C35H41N3. The molecule has 4 aromatic rings. The van der Waals surface area contributed by atoms with Gasteiger partial charge in [0.1, 0.15) is 0 Å². The maximum absolute atomic E-state index is 2.55. The number of hydrogen-bond acceptors (Lipinski definition) is 3. The molecule has 0 atom stereocenters. The van der Waals surface area contributed by atoms with E-state index in [1.54, 1.807) is 0 Å². The van der Waals surface area contributed by atoms with Gasteiger partial charge in [0, 0.05) is 68.6 Å². The van der Waals surface area contributed by atoms with Crippen molar-refractivity contribution in [2.75, 3.05) is 55.0 Å². The summed E-state index contributed by atoms with van der Waals surface area (Å²) in [6.07, 6.45) is 7.94. The predicted octanol–water partition coefficient (Wildman–Crippen LogP) is 8.07. The van der Waals surface area contributed by atoms with Gasteiger partial charge < -0.3 is 14.7 Å². The fourth-order valence-electron chi connectivity index (χ4n) is 6.56. The number of piperidine rings is 2. The Morgan fingerprint density at radius 2 is 1.00 bits per heavy atom. The van der Waals surface area contributed by atoms with Crippen LogP contribution in [-0.4, -0.2) is 40.3 Å². The second-order valence-electron chi connectivity index (χ2n) is 11.3. The van der Waals surface area contributed by atoms with Crippen LogP contribution in [0.15, 0.2) is 84.9 Å². The van der Waals surface area contributed by atoms with Crippen LogP contribution in [0.4, 0.5) is 17.1 Å². The highest BCUT2D eigenvalue weighted by Gasteiger charge is 2.22. The minimum Gasteiger partial charge on any atom is -0.377 e. The fourth-order valence-corrected chi connectivity index (χ4v) is 6.56. The molecule has 2 aliphatic heterocycles. The van der Waals surface area contributed by atoms with Crippen molar-refractivity contribution >= 4 is 27.8 Å². The summed E-state index contributed by atoms with van der Waals surface area (Å²) in [4.78, 5) is 7.33. The van der Waals surface area contributed by atoms with Gasteiger partial charge in [-0.2, -0.15) is 0 Å². The lowest BCUT2D eigenvalue weighted by Crippen LogP contribution is -2.29. The van der Waals surface area contributed by atoms with Gasteiger partial charge in [0.05, 0.1) is 0 Å². The van der Waals surface area contributed by atoms with E-state index in [1.807, 2.05) is 0 Å². The van der Waals surface area contributed by atoms with Crippen molar-refractivity contribution in [2.24, 2.45) is 0 Å². The molecule has 0 unspecified atom stereocenters. The Bertz CT molecular complexity index is 1280. The molecule has 0 aliphatic carbocycles. The molecule has 2 aliphatic rings. The maximum Gasteiger partial charge on any atom is 0.0440 e. The van der Waals surface area contributed by atoms with Crippen molar-refractivity contribution in [1.82, 2.24) is 0 Å². The lowest BCUT2D eigenvalue weighted by molar-refractivity contribution is 0.578. The summed E-state index contributed by atoms with van der Waals surface area (Å²) in [5, 5.41) is 2.65. The van der Waals surface area contributed by atoms with E-state index in [9.17, 15) is 0 Å². The van der Waals surface area contributed by atoms with Crippen molar-refractivity contribution in [3.05, 3.63) is 102 Å². The first kappa shape index (κ1) is 24.9. The predicted molar refractivity (Wildman–Crippen MR) is 164 cm³/mol. The van der Waals surface area contributed by atoms with Gasteiger partial charge in [0.25, 0.3) is 0 Å². The van der Waals surface area contributed by atoms with Crippen LogP contribution in [0.25, 0.3) is 10.8 Å². The van der Waals surface area contributed by atoms with Gasteiger partial charge in [-0.3, -0.25) is 0 Å². The third-order valence-electron chi connectivity index (χ3n) is 8.62. The fraction of sp³-hybridized carbons (Fsp3) is 0.371. The number of rotatable bonds is 6. The first-order valence-corrected chi connectivity index (χ1v) is 14.6. The highest BCUT2D eigenvalue weighted by Crippen LogP contribution is 2.40. The molecule has 0 N–H and O–H groups in total. The van der Waals surface area contributed by atoms with Crippen LogP contribution >= 0.6 is 0 Å². The van der Waals surface area contributed by atoms with Gasteiger partial charge in [-0.05, 0) is 90.9 Å². The zero-order valence-electron chi connectivity index (χ0n) is 23.1. The Balaban J connectivity index is 1.43. The summed E-state index contributed by atoms with van der Waals surface area (Å²) in [7, 11) is 4.27. The molecule has 0 aromatic heterocycles. The quantitative estimate of drug-likeness (QED) is 0.246. The number of anilines is 3. The lowest BCUT2D eigenvalue weighted by Gasteiger charge is -2.30. The van der Waals surface area contributed by atoms with E-state index in [2.05, 4.69) is 114 Å². The van der Waals surface area contributed by atoms with E-state index >= 15 is 0 Å². The molecule has 4 aromatic carbocycles. The van der Waals surface area contributed by atoms with Crippen LogP contribution in [-0.2, 0) is 0 Å². The van der Waals surface area contributed by atoms with Gasteiger partial charge >= 0.3 is 0 Å². The van der Waals surface area contributed by atoms with Gasteiger partial charge in [-0.25, -0.2) is 0 Å². The van der Waals surface area contributed by atoms with Crippen LogP contribution in [0.1, 0.15) is 61.1 Å². The number of benzene rings is 4. The Morgan fingerprint density at radius 3 is 1.47 bits per heavy atom. The van der Waals surface area contributed by atoms with Crippen LogP contribution in [0.2, 0.25) is 0 Å². The monoisotopic (exact) mass is 503 g/mol. The summed E-state index contributed by atoms with van der Waals surface area (Å²) in [6, 6.07) is 32.5. The number of hydrogen-bond donors (Lipinski definition) is 0. The normalized spacial score (nSPS) is 16.3. The van der Waals surface area contributed by atoms with Crippen molar-refractivity contribution in [3.63, 3.8) is 0 Å². The molecule has 3 nitrogen and oxygen atoms in total. The molecule has 6 rings (SSSR count). The zero-order chi connectivity index (χ0) is 25.9. The summed E-state index contributed by atoms with van der Waals surface area (Å²) in [6.45, 7) is 4.71. The smallest absolute Gasteiger partial charge is 0.0440 e. The Hall–Kier alpha value is -3.46. The molecule has 2 saturated heterocycles. The molecule has 38 heavy (non-hydrogen) atoms. The van der Waals surface area contributed by atoms with Gasteiger partial charge in [0.2, 0.25) is 0 Å². The first-order chi connectivity index (χ1) is 18.7. The van der Waals surface area contributed by atoms with E-state index in [-0.39, 0.29) is 5.92 Å². The molecule has 0 bridgehead atoms. The molecule has 3 heteroatoms. The molecule has 0 saturated carbocycles. The molecule has 196 valence electrons. The minimum absolute atomic E-state index is 0.182. The summed E-state index contributed by atoms with van der Waals surface area (Å²) < 4.78 is 0. The molecule has 0 amide bonds. The van der Waals surface area contributed by atoms with E-state index in [1.165, 1.54) is 109 Å². The standard InChI is InChI=1S/C35H41N3/c1-36(2)34-22-21-33(31-11-5-6-12-32(31)34)35(27-13-17-29(18-14-27)37-23-7-3-8-24-37)28-15-19-30(20-16-28)38-25-9-4-10-26-38/h5-6,11-22,35H,3-4,7-10,23-26H2,1-2H3. The second-order valence-corrected chi connectivity index (χ2v) is 11.3.